The zero-order valence-electron chi connectivity index (χ0n) is 18.7. The Morgan fingerprint density at radius 2 is 1.88 bits per heavy atom. The van der Waals surface area contributed by atoms with E-state index in [0.29, 0.717) is 37.9 Å². The van der Waals surface area contributed by atoms with E-state index in [4.69, 9.17) is 10.5 Å². The van der Waals surface area contributed by atoms with Gasteiger partial charge in [0.15, 0.2) is 27.0 Å². The molecule has 5 rings (SSSR count). The second-order valence-electron chi connectivity index (χ2n) is 8.14. The van der Waals surface area contributed by atoms with Gasteiger partial charge >= 0.3 is 0 Å². The van der Waals surface area contributed by atoms with Gasteiger partial charge in [-0.1, -0.05) is 23.8 Å². The predicted molar refractivity (Wildman–Crippen MR) is 125 cm³/mol. The molecular weight excluding hydrogens is 458 g/mol. The molecule has 2 N–H and O–H groups in total. The molecule has 1 amide bonds. The van der Waals surface area contributed by atoms with Crippen LogP contribution in [-0.4, -0.2) is 71.3 Å². The Morgan fingerprint density at radius 1 is 1.12 bits per heavy atom. The number of carbonyl (C=O) groups excluding carboxylic acids is 1. The zero-order chi connectivity index (χ0) is 24.0. The average molecular weight is 482 g/mol. The largest absolute Gasteiger partial charge is 0.378 e. The summed E-state index contributed by atoms with van der Waals surface area (Å²) in [6.45, 7) is 4.13. The fourth-order valence-corrected chi connectivity index (χ4v) is 4.97. The molecule has 0 atom stereocenters. The number of rotatable bonds is 5. The number of aryl methyl sites for hydroxylation is 1. The van der Waals surface area contributed by atoms with Crippen LogP contribution in [-0.2, 0) is 14.6 Å². The highest BCUT2D eigenvalue weighted by molar-refractivity contribution is 7.91. The average Bonchev–Trinajstić information content (AvgIpc) is 3.44. The van der Waals surface area contributed by atoms with Gasteiger partial charge in [0.05, 0.1) is 18.9 Å². The molecule has 1 aliphatic rings. The number of aromatic nitrogens is 5. The van der Waals surface area contributed by atoms with E-state index in [0.717, 1.165) is 23.1 Å². The van der Waals surface area contributed by atoms with Crippen LogP contribution in [0, 0.1) is 6.92 Å². The van der Waals surface area contributed by atoms with Crippen molar-refractivity contribution in [1.29, 1.82) is 0 Å². The quantitative estimate of drug-likeness (QED) is 0.449. The summed E-state index contributed by atoms with van der Waals surface area (Å²) in [5.41, 5.74) is 7.95. The summed E-state index contributed by atoms with van der Waals surface area (Å²) in [7, 11) is -3.87. The Kier molecular flexibility index (Phi) is 5.33. The van der Waals surface area contributed by atoms with Crippen molar-refractivity contribution in [2.24, 2.45) is 5.73 Å². The van der Waals surface area contributed by atoms with Gasteiger partial charge in [-0.3, -0.25) is 4.79 Å². The van der Waals surface area contributed by atoms with Crippen molar-refractivity contribution < 1.29 is 17.9 Å². The summed E-state index contributed by atoms with van der Waals surface area (Å²) in [5.74, 6) is 0.00301. The molecule has 1 aromatic carbocycles. The minimum absolute atomic E-state index is 0.0166. The molecule has 0 radical (unpaired) electrons. The van der Waals surface area contributed by atoms with Crippen molar-refractivity contribution in [1.82, 2.24) is 24.4 Å². The Morgan fingerprint density at radius 3 is 2.56 bits per heavy atom. The second-order valence-corrected chi connectivity index (χ2v) is 10.1. The number of ether oxygens (including phenoxy) is 1. The number of morpholine rings is 1. The van der Waals surface area contributed by atoms with Crippen molar-refractivity contribution in [3.05, 3.63) is 53.9 Å². The van der Waals surface area contributed by atoms with Gasteiger partial charge in [-0.2, -0.15) is 14.7 Å². The van der Waals surface area contributed by atoms with Gasteiger partial charge in [0, 0.05) is 37.2 Å². The molecule has 1 saturated heterocycles. The van der Waals surface area contributed by atoms with Gasteiger partial charge < -0.3 is 15.4 Å². The second kappa shape index (κ2) is 8.22. The van der Waals surface area contributed by atoms with Crippen LogP contribution in [0.25, 0.3) is 22.7 Å². The standard InChI is InChI=1S/C22H23N7O4S/c1-14-4-3-5-15(12-14)16-6-7-28(25-16)17-13-18(27-8-10-33-11-9-27)29-22(24-17)20(34(2,31)32)19(26-29)21(23)30/h3-7,12-13H,8-11H2,1-2H3,(H2,23,30). The summed E-state index contributed by atoms with van der Waals surface area (Å²) in [5, 5.41) is 8.90. The molecule has 4 aromatic rings. The summed E-state index contributed by atoms with van der Waals surface area (Å²) in [6, 6.07) is 11.6. The van der Waals surface area contributed by atoms with E-state index < -0.39 is 15.7 Å². The Labute approximate surface area is 195 Å². The van der Waals surface area contributed by atoms with Gasteiger partial charge in [-0.15, -0.1) is 0 Å². The molecule has 11 nitrogen and oxygen atoms in total. The molecule has 0 spiro atoms. The number of fused-ring (bicyclic) bond motifs is 1. The van der Waals surface area contributed by atoms with Crippen LogP contribution in [0.3, 0.4) is 0 Å². The number of carbonyl (C=O) groups is 1. The topological polar surface area (TPSA) is 138 Å². The zero-order valence-corrected chi connectivity index (χ0v) is 19.5. The number of sulfone groups is 1. The SMILES string of the molecule is Cc1cccc(-c2ccn(-c3cc(N4CCOCC4)n4nc(C(N)=O)c(S(C)(=O)=O)c4n3)n2)c1. The number of primary amides is 1. The lowest BCUT2D eigenvalue weighted by atomic mass is 10.1. The Hall–Kier alpha value is -3.77. The first kappa shape index (κ1) is 22.0. The van der Waals surface area contributed by atoms with Crippen molar-refractivity contribution in [3.63, 3.8) is 0 Å². The molecule has 1 fully saturated rings. The molecule has 4 heterocycles. The number of hydrogen-bond acceptors (Lipinski definition) is 8. The third-order valence-corrected chi connectivity index (χ3v) is 6.71. The molecular formula is C22H23N7O4S. The van der Waals surface area contributed by atoms with E-state index in [2.05, 4.69) is 15.2 Å². The van der Waals surface area contributed by atoms with E-state index in [1.54, 1.807) is 16.9 Å². The lowest BCUT2D eigenvalue weighted by Crippen LogP contribution is -2.37. The summed E-state index contributed by atoms with van der Waals surface area (Å²) >= 11 is 0. The normalized spacial score (nSPS) is 14.6. The fourth-order valence-electron chi connectivity index (χ4n) is 4.02. The molecule has 12 heteroatoms. The van der Waals surface area contributed by atoms with Crippen molar-refractivity contribution in [2.45, 2.75) is 11.8 Å². The summed E-state index contributed by atoms with van der Waals surface area (Å²) in [6.07, 6.45) is 2.76. The van der Waals surface area contributed by atoms with Crippen molar-refractivity contribution >= 4 is 27.2 Å². The summed E-state index contributed by atoms with van der Waals surface area (Å²) in [4.78, 5) is 18.3. The van der Waals surface area contributed by atoms with Crippen LogP contribution in [0.1, 0.15) is 16.1 Å². The van der Waals surface area contributed by atoms with Crippen molar-refractivity contribution in [2.75, 3.05) is 37.5 Å². The van der Waals surface area contributed by atoms with E-state index in [9.17, 15) is 13.2 Å². The van der Waals surface area contributed by atoms with Gasteiger partial charge in [0.2, 0.25) is 0 Å². The predicted octanol–water partition coefficient (Wildman–Crippen LogP) is 1.23. The molecule has 0 saturated carbocycles. The highest BCUT2D eigenvalue weighted by Crippen LogP contribution is 2.28. The highest BCUT2D eigenvalue weighted by Gasteiger charge is 2.29. The first-order valence-electron chi connectivity index (χ1n) is 10.6. The first-order chi connectivity index (χ1) is 16.2. The van der Waals surface area contributed by atoms with E-state index in [1.807, 2.05) is 42.2 Å². The number of benzene rings is 1. The fraction of sp³-hybridized carbons (Fsp3) is 0.273. The van der Waals surface area contributed by atoms with E-state index in [-0.39, 0.29) is 16.2 Å². The molecule has 0 aliphatic carbocycles. The maximum atomic E-state index is 12.6. The van der Waals surface area contributed by atoms with Crippen LogP contribution >= 0.6 is 0 Å². The number of nitrogens with two attached hydrogens (primary N) is 1. The minimum Gasteiger partial charge on any atom is -0.378 e. The first-order valence-corrected chi connectivity index (χ1v) is 12.5. The molecule has 1 aliphatic heterocycles. The Bertz CT molecular complexity index is 1520. The van der Waals surface area contributed by atoms with Gasteiger partial charge in [0.25, 0.3) is 5.91 Å². The van der Waals surface area contributed by atoms with Crippen LogP contribution in [0.15, 0.2) is 47.5 Å². The number of nitrogens with zero attached hydrogens (tertiary/aromatic N) is 6. The molecule has 0 bridgehead atoms. The lowest BCUT2D eigenvalue weighted by molar-refractivity contribution is 0.0992. The lowest BCUT2D eigenvalue weighted by Gasteiger charge is -2.29. The molecule has 34 heavy (non-hydrogen) atoms. The van der Waals surface area contributed by atoms with Crippen LogP contribution in [0.4, 0.5) is 5.82 Å². The molecule has 0 unspecified atom stereocenters. The highest BCUT2D eigenvalue weighted by atomic mass is 32.2. The third kappa shape index (κ3) is 3.90. The number of anilines is 1. The summed E-state index contributed by atoms with van der Waals surface area (Å²) < 4.78 is 33.7. The molecule has 3 aromatic heterocycles. The minimum atomic E-state index is -3.87. The number of hydrogen-bond donors (Lipinski definition) is 1. The van der Waals surface area contributed by atoms with Gasteiger partial charge in [-0.25, -0.2) is 18.1 Å². The monoisotopic (exact) mass is 481 g/mol. The smallest absolute Gasteiger partial charge is 0.270 e. The van der Waals surface area contributed by atoms with Crippen LogP contribution in [0.5, 0.6) is 0 Å². The maximum absolute atomic E-state index is 12.6. The van der Waals surface area contributed by atoms with Gasteiger partial charge in [0.1, 0.15) is 10.7 Å². The van der Waals surface area contributed by atoms with E-state index >= 15 is 0 Å². The van der Waals surface area contributed by atoms with Crippen LogP contribution in [0.2, 0.25) is 0 Å². The van der Waals surface area contributed by atoms with Crippen LogP contribution < -0.4 is 10.6 Å². The maximum Gasteiger partial charge on any atom is 0.270 e. The van der Waals surface area contributed by atoms with Crippen molar-refractivity contribution in [3.8, 4) is 17.1 Å². The number of amides is 1. The third-order valence-electron chi connectivity index (χ3n) is 5.59. The Balaban J connectivity index is 1.74. The van der Waals surface area contributed by atoms with E-state index in [1.165, 1.54) is 4.52 Å². The molecule has 176 valence electrons. The van der Waals surface area contributed by atoms with Gasteiger partial charge in [-0.05, 0) is 19.1 Å².